The Labute approximate surface area is 111 Å². The zero-order chi connectivity index (χ0) is 13.6. The smallest absolute Gasteiger partial charge is 0.148 e. The molecule has 1 aromatic carbocycles. The van der Waals surface area contributed by atoms with Crippen molar-refractivity contribution in [1.29, 1.82) is 0 Å². The highest BCUT2D eigenvalue weighted by molar-refractivity contribution is 7.92. The maximum Gasteiger partial charge on any atom is 0.148 e. The van der Waals surface area contributed by atoms with Gasteiger partial charge in [0.05, 0.1) is 5.75 Å². The summed E-state index contributed by atoms with van der Waals surface area (Å²) in [4.78, 5) is 0. The van der Waals surface area contributed by atoms with Crippen molar-refractivity contribution in [2.75, 3.05) is 30.6 Å². The Hall–Kier alpha value is -0.720. The van der Waals surface area contributed by atoms with Gasteiger partial charge in [0.2, 0.25) is 0 Å². The SMILES string of the molecule is CNC(CS(=O)CCS(C)(=O)=O)c1ccccc1. The summed E-state index contributed by atoms with van der Waals surface area (Å²) in [7, 11) is -2.37. The van der Waals surface area contributed by atoms with Crippen LogP contribution >= 0.6 is 0 Å². The number of nitrogens with one attached hydrogen (secondary N) is 1. The molecule has 102 valence electrons. The van der Waals surface area contributed by atoms with Gasteiger partial charge in [-0.3, -0.25) is 4.21 Å². The highest BCUT2D eigenvalue weighted by Gasteiger charge is 2.14. The minimum atomic E-state index is -3.04. The monoisotopic (exact) mass is 289 g/mol. The van der Waals surface area contributed by atoms with E-state index in [-0.39, 0.29) is 17.5 Å². The van der Waals surface area contributed by atoms with E-state index >= 15 is 0 Å². The predicted molar refractivity (Wildman–Crippen MR) is 75.8 cm³/mol. The van der Waals surface area contributed by atoms with Crippen molar-refractivity contribution in [1.82, 2.24) is 5.32 Å². The molecule has 0 aliphatic heterocycles. The van der Waals surface area contributed by atoms with E-state index in [4.69, 9.17) is 0 Å². The summed E-state index contributed by atoms with van der Waals surface area (Å²) < 4.78 is 33.9. The second-order valence-electron chi connectivity index (χ2n) is 4.19. The molecule has 4 nitrogen and oxygen atoms in total. The van der Waals surface area contributed by atoms with Crippen molar-refractivity contribution in [2.24, 2.45) is 0 Å². The molecule has 0 aromatic heterocycles. The van der Waals surface area contributed by atoms with Crippen molar-refractivity contribution in [2.45, 2.75) is 6.04 Å². The van der Waals surface area contributed by atoms with Gasteiger partial charge in [0.1, 0.15) is 9.84 Å². The summed E-state index contributed by atoms with van der Waals surface area (Å²) in [5.41, 5.74) is 1.06. The Bertz CT molecular complexity index is 485. The van der Waals surface area contributed by atoms with Gasteiger partial charge in [0.25, 0.3) is 0 Å². The van der Waals surface area contributed by atoms with Gasteiger partial charge in [-0.1, -0.05) is 30.3 Å². The quantitative estimate of drug-likeness (QED) is 0.804. The van der Waals surface area contributed by atoms with E-state index < -0.39 is 20.6 Å². The van der Waals surface area contributed by atoms with E-state index in [1.807, 2.05) is 37.4 Å². The third-order valence-corrected chi connectivity index (χ3v) is 5.15. The average molecular weight is 289 g/mol. The number of hydrogen-bond donors (Lipinski definition) is 1. The Morgan fingerprint density at radius 2 is 1.89 bits per heavy atom. The van der Waals surface area contributed by atoms with Crippen molar-refractivity contribution in [3.8, 4) is 0 Å². The lowest BCUT2D eigenvalue weighted by Crippen LogP contribution is -2.25. The average Bonchev–Trinajstić information content (AvgIpc) is 2.33. The molecule has 18 heavy (non-hydrogen) atoms. The molecule has 0 heterocycles. The normalized spacial score (nSPS) is 15.2. The fourth-order valence-electron chi connectivity index (χ4n) is 1.55. The van der Waals surface area contributed by atoms with Crippen molar-refractivity contribution >= 4 is 20.6 Å². The Morgan fingerprint density at radius 1 is 1.28 bits per heavy atom. The van der Waals surface area contributed by atoms with Crippen LogP contribution in [0.4, 0.5) is 0 Å². The topological polar surface area (TPSA) is 63.2 Å². The van der Waals surface area contributed by atoms with E-state index in [9.17, 15) is 12.6 Å². The molecule has 0 amide bonds. The first-order valence-corrected chi connectivity index (χ1v) is 9.22. The van der Waals surface area contributed by atoms with Crippen LogP contribution in [0, 0.1) is 0 Å². The number of benzene rings is 1. The van der Waals surface area contributed by atoms with Crippen LogP contribution in [0.3, 0.4) is 0 Å². The van der Waals surface area contributed by atoms with Gasteiger partial charge >= 0.3 is 0 Å². The van der Waals surface area contributed by atoms with Crippen LogP contribution in [0.15, 0.2) is 30.3 Å². The second kappa shape index (κ2) is 7.01. The predicted octanol–water partition coefficient (Wildman–Crippen LogP) is 0.740. The molecule has 0 aliphatic rings. The van der Waals surface area contributed by atoms with E-state index in [1.54, 1.807) is 0 Å². The molecule has 0 spiro atoms. The lowest BCUT2D eigenvalue weighted by molar-refractivity contribution is 0.602. The standard InChI is InChI=1S/C12H19NO3S2/c1-13-12(11-6-4-3-5-7-11)10-17(14)8-9-18(2,15)16/h3-7,12-13H,8-10H2,1-2H3. The van der Waals surface area contributed by atoms with Gasteiger partial charge < -0.3 is 5.32 Å². The highest BCUT2D eigenvalue weighted by atomic mass is 32.2. The molecule has 0 bridgehead atoms. The Morgan fingerprint density at radius 3 is 2.39 bits per heavy atom. The summed E-state index contributed by atoms with van der Waals surface area (Å²) in [6.07, 6.45) is 1.16. The van der Waals surface area contributed by atoms with Crippen LogP contribution in [0.5, 0.6) is 0 Å². The van der Waals surface area contributed by atoms with E-state index in [2.05, 4.69) is 5.32 Å². The van der Waals surface area contributed by atoms with E-state index in [0.717, 1.165) is 11.8 Å². The Kier molecular flexibility index (Phi) is 5.98. The van der Waals surface area contributed by atoms with Crippen molar-refractivity contribution < 1.29 is 12.6 Å². The molecular weight excluding hydrogens is 270 g/mol. The fraction of sp³-hybridized carbons (Fsp3) is 0.500. The summed E-state index contributed by atoms with van der Waals surface area (Å²) in [6.45, 7) is 0. The van der Waals surface area contributed by atoms with Gasteiger partial charge in [-0.05, 0) is 12.6 Å². The first kappa shape index (κ1) is 15.3. The summed E-state index contributed by atoms with van der Waals surface area (Å²) in [5.74, 6) is 0.602. The van der Waals surface area contributed by atoms with E-state index in [0.29, 0.717) is 5.75 Å². The van der Waals surface area contributed by atoms with Gasteiger partial charge in [-0.25, -0.2) is 8.42 Å². The third-order valence-electron chi connectivity index (χ3n) is 2.58. The number of rotatable bonds is 7. The molecule has 2 atom stereocenters. The molecule has 0 fully saturated rings. The first-order valence-electron chi connectivity index (χ1n) is 5.67. The lowest BCUT2D eigenvalue weighted by atomic mass is 10.1. The van der Waals surface area contributed by atoms with Crippen LogP contribution in [-0.4, -0.2) is 43.2 Å². The van der Waals surface area contributed by atoms with Gasteiger partial charge in [-0.15, -0.1) is 0 Å². The zero-order valence-corrected chi connectivity index (χ0v) is 12.3. The highest BCUT2D eigenvalue weighted by Crippen LogP contribution is 2.13. The van der Waals surface area contributed by atoms with Gasteiger partial charge in [0, 0.05) is 34.6 Å². The molecule has 0 aliphatic carbocycles. The summed E-state index contributed by atoms with van der Waals surface area (Å²) >= 11 is 0. The van der Waals surface area contributed by atoms with Crippen LogP contribution < -0.4 is 5.32 Å². The van der Waals surface area contributed by atoms with Crippen LogP contribution in [0.2, 0.25) is 0 Å². The second-order valence-corrected chi connectivity index (χ2v) is 8.07. The molecule has 2 unspecified atom stereocenters. The largest absolute Gasteiger partial charge is 0.312 e. The fourth-order valence-corrected chi connectivity index (χ4v) is 4.40. The van der Waals surface area contributed by atoms with Crippen molar-refractivity contribution in [3.63, 3.8) is 0 Å². The minimum Gasteiger partial charge on any atom is -0.312 e. The minimum absolute atomic E-state index is 0.00778. The maximum atomic E-state index is 11.8. The molecular formula is C12H19NO3S2. The molecule has 1 N–H and O–H groups in total. The number of sulfone groups is 1. The molecule has 0 saturated carbocycles. The molecule has 0 radical (unpaired) electrons. The van der Waals surface area contributed by atoms with Crippen LogP contribution in [0.1, 0.15) is 11.6 Å². The maximum absolute atomic E-state index is 11.8. The zero-order valence-electron chi connectivity index (χ0n) is 10.6. The summed E-state index contributed by atoms with van der Waals surface area (Å²) in [5, 5.41) is 3.10. The van der Waals surface area contributed by atoms with Crippen molar-refractivity contribution in [3.05, 3.63) is 35.9 Å². The van der Waals surface area contributed by atoms with Gasteiger partial charge in [-0.2, -0.15) is 0 Å². The van der Waals surface area contributed by atoms with Crippen LogP contribution in [-0.2, 0) is 20.6 Å². The molecule has 6 heteroatoms. The van der Waals surface area contributed by atoms with Crippen LogP contribution in [0.25, 0.3) is 0 Å². The summed E-state index contributed by atoms with van der Waals surface area (Å²) in [6, 6.07) is 9.71. The Balaban J connectivity index is 2.57. The lowest BCUT2D eigenvalue weighted by Gasteiger charge is -2.16. The molecule has 0 saturated heterocycles. The number of hydrogen-bond acceptors (Lipinski definition) is 4. The van der Waals surface area contributed by atoms with Gasteiger partial charge in [0.15, 0.2) is 0 Å². The van der Waals surface area contributed by atoms with E-state index in [1.165, 1.54) is 0 Å². The molecule has 1 aromatic rings. The third kappa shape index (κ3) is 5.75. The first-order chi connectivity index (χ1) is 8.42. The molecule has 1 rings (SSSR count).